The molecule has 0 N–H and O–H groups in total. The Morgan fingerprint density at radius 2 is 1.46 bits per heavy atom. The molecule has 233 valence electrons. The molecule has 7 rings (SSSR count). The summed E-state index contributed by atoms with van der Waals surface area (Å²) in [6.07, 6.45) is 5.85. The van der Waals surface area contributed by atoms with E-state index in [2.05, 4.69) is 105 Å². The van der Waals surface area contributed by atoms with Gasteiger partial charge < -0.3 is 14.4 Å². The van der Waals surface area contributed by atoms with Gasteiger partial charge in [-0.25, -0.2) is 4.98 Å². The van der Waals surface area contributed by atoms with Crippen LogP contribution in [0.2, 0.25) is 0 Å². The van der Waals surface area contributed by atoms with Crippen LogP contribution in [0.3, 0.4) is 0 Å². The molecule has 0 bridgehead atoms. The van der Waals surface area contributed by atoms with Gasteiger partial charge in [-0.2, -0.15) is 0 Å². The summed E-state index contributed by atoms with van der Waals surface area (Å²) in [7, 11) is 0. The van der Waals surface area contributed by atoms with Crippen molar-refractivity contribution in [2.24, 2.45) is 0 Å². The van der Waals surface area contributed by atoms with Crippen molar-refractivity contribution in [3.8, 4) is 33.8 Å². The van der Waals surface area contributed by atoms with Gasteiger partial charge in [0.15, 0.2) is 0 Å². The minimum Gasteiger partial charge on any atom is -0.486 e. The molecule has 0 aliphatic carbocycles. The maximum atomic E-state index is 6.38. The number of aromatic nitrogens is 3. The number of aryl methyl sites for hydroxylation is 2. The van der Waals surface area contributed by atoms with E-state index in [0.717, 1.165) is 57.4 Å². The molecular weight excluding hydrogens is 743 g/mol. The minimum atomic E-state index is 0. The number of fused-ring (bicyclic) bond motifs is 3. The molecule has 0 aliphatic heterocycles. The topological polar surface area (TPSA) is 51.8 Å². The summed E-state index contributed by atoms with van der Waals surface area (Å²) >= 11 is 0. The van der Waals surface area contributed by atoms with Crippen LogP contribution in [0.25, 0.3) is 55.8 Å². The zero-order valence-electron chi connectivity index (χ0n) is 26.9. The number of pyridine rings is 3. The molecule has 0 atom stereocenters. The Bertz CT molecular complexity index is 2010. The quantitative estimate of drug-likeness (QED) is 0.158. The maximum Gasteiger partial charge on any atom is 0.216 e. The van der Waals surface area contributed by atoms with Crippen LogP contribution in [-0.4, -0.2) is 15.0 Å². The fourth-order valence-electron chi connectivity index (χ4n) is 5.85. The van der Waals surface area contributed by atoms with Crippen molar-refractivity contribution in [2.75, 3.05) is 0 Å². The molecule has 0 fully saturated rings. The predicted octanol–water partition coefficient (Wildman–Crippen LogP) is 10.8. The number of hydrogen-bond donors (Lipinski definition) is 0. The van der Waals surface area contributed by atoms with Gasteiger partial charge in [-0.1, -0.05) is 68.1 Å². The van der Waals surface area contributed by atoms with Crippen molar-refractivity contribution in [3.05, 3.63) is 138 Å². The molecule has 3 aromatic carbocycles. The Labute approximate surface area is 285 Å². The second-order valence-corrected chi connectivity index (χ2v) is 11.7. The third kappa shape index (κ3) is 6.58. The molecule has 5 heteroatoms. The average Bonchev–Trinajstić information content (AvgIpc) is 3.47. The van der Waals surface area contributed by atoms with Gasteiger partial charge in [0, 0.05) is 43.4 Å². The molecule has 0 amide bonds. The second kappa shape index (κ2) is 14.3. The first-order valence-electron chi connectivity index (χ1n) is 15.6. The van der Waals surface area contributed by atoms with E-state index in [4.69, 9.17) is 9.40 Å². The van der Waals surface area contributed by atoms with Crippen LogP contribution in [0, 0.1) is 26.0 Å². The van der Waals surface area contributed by atoms with Gasteiger partial charge in [-0.15, -0.1) is 54.1 Å². The monoisotopic (exact) mass is 780 g/mol. The fourth-order valence-corrected chi connectivity index (χ4v) is 5.85. The third-order valence-electron chi connectivity index (χ3n) is 8.96. The van der Waals surface area contributed by atoms with E-state index in [9.17, 15) is 0 Å². The predicted molar refractivity (Wildman–Crippen MR) is 185 cm³/mol. The van der Waals surface area contributed by atoms with Crippen molar-refractivity contribution in [1.82, 2.24) is 15.0 Å². The van der Waals surface area contributed by atoms with Crippen LogP contribution in [0.4, 0.5) is 0 Å². The van der Waals surface area contributed by atoms with E-state index >= 15 is 0 Å². The van der Waals surface area contributed by atoms with Crippen molar-refractivity contribution < 1.29 is 24.5 Å². The molecule has 7 aromatic rings. The van der Waals surface area contributed by atoms with E-state index in [1.165, 1.54) is 22.3 Å². The number of benzene rings is 3. The van der Waals surface area contributed by atoms with Gasteiger partial charge >= 0.3 is 0 Å². The van der Waals surface area contributed by atoms with Crippen LogP contribution in [0.1, 0.15) is 50.3 Å². The Hall–Kier alpha value is -4.44. The van der Waals surface area contributed by atoms with Gasteiger partial charge in [0.2, 0.25) is 5.71 Å². The summed E-state index contributed by atoms with van der Waals surface area (Å²) in [6.45, 7) is 11.1. The van der Waals surface area contributed by atoms with Crippen LogP contribution in [0.5, 0.6) is 0 Å². The summed E-state index contributed by atoms with van der Waals surface area (Å²) in [5.41, 5.74) is 11.2. The van der Waals surface area contributed by atoms with Gasteiger partial charge in [0.05, 0.1) is 11.3 Å². The summed E-state index contributed by atoms with van der Waals surface area (Å²) in [5.74, 6) is 0. The normalized spacial score (nSPS) is 11.2. The summed E-state index contributed by atoms with van der Waals surface area (Å²) < 4.78 is 6.38. The second-order valence-electron chi connectivity index (χ2n) is 11.7. The van der Waals surface area contributed by atoms with Crippen molar-refractivity contribution in [1.29, 1.82) is 0 Å². The van der Waals surface area contributed by atoms with Crippen LogP contribution in [-0.2, 0) is 25.5 Å². The van der Waals surface area contributed by atoms with Gasteiger partial charge in [0.25, 0.3) is 0 Å². The number of furan rings is 1. The number of nitrogens with zero attached hydrogens (tertiary/aromatic N) is 3. The van der Waals surface area contributed by atoms with Gasteiger partial charge in [-0.3, -0.25) is 0 Å². The SMILES string of the molecule is CCC(C)(CC)c1ccnc(-c2[c-]ccc3c2oc2nc(-c4c(C)cccc4C)ccc23)c1.[Ir].[c-]1ccccc1-c1ccccn1. The minimum absolute atomic E-state index is 0. The summed E-state index contributed by atoms with van der Waals surface area (Å²) in [5, 5.41) is 2.05. The molecule has 0 unspecified atom stereocenters. The molecular formula is C41H37IrN3O-2. The maximum absolute atomic E-state index is 6.38. The third-order valence-corrected chi connectivity index (χ3v) is 8.96. The molecule has 0 saturated heterocycles. The molecule has 4 heterocycles. The number of rotatable bonds is 6. The van der Waals surface area contributed by atoms with Crippen LogP contribution in [0.15, 0.2) is 114 Å². The van der Waals surface area contributed by atoms with E-state index in [1.807, 2.05) is 54.7 Å². The number of hydrogen-bond acceptors (Lipinski definition) is 4. The van der Waals surface area contributed by atoms with E-state index in [1.54, 1.807) is 6.20 Å². The molecule has 0 saturated carbocycles. The van der Waals surface area contributed by atoms with Crippen molar-refractivity contribution in [2.45, 2.75) is 52.9 Å². The Morgan fingerprint density at radius 1 is 0.696 bits per heavy atom. The fraction of sp³-hybridized carbons (Fsp3) is 0.195. The Balaban J connectivity index is 0.000000269. The average molecular weight is 780 g/mol. The largest absolute Gasteiger partial charge is 0.486 e. The molecule has 4 aromatic heterocycles. The molecule has 0 aliphatic rings. The first kappa shape index (κ1) is 32.9. The first-order chi connectivity index (χ1) is 21.9. The van der Waals surface area contributed by atoms with Gasteiger partial charge in [0.1, 0.15) is 0 Å². The standard InChI is InChI=1S/C30H29N2O.C11H8N.Ir/c1-6-30(5,7-2)21-16-17-31-26(18-21)24-13-9-12-22-23-14-15-25(32-29(23)33-28(22)24)27-19(3)10-8-11-20(27)4;1-2-6-10(7-3-1)11-8-4-5-9-12-11;/h8-12,14-18H,6-7H2,1-5H3;1-6,8-9H;/q2*-1;. The van der Waals surface area contributed by atoms with Crippen molar-refractivity contribution in [3.63, 3.8) is 0 Å². The Kier molecular flexibility index (Phi) is 10.3. The van der Waals surface area contributed by atoms with Gasteiger partial charge in [-0.05, 0) is 84.4 Å². The Morgan fingerprint density at radius 3 is 2.15 bits per heavy atom. The zero-order chi connectivity index (χ0) is 31.4. The van der Waals surface area contributed by atoms with E-state index < -0.39 is 0 Å². The molecule has 1 radical (unpaired) electrons. The van der Waals surface area contributed by atoms with Crippen molar-refractivity contribution >= 4 is 22.1 Å². The smallest absolute Gasteiger partial charge is 0.216 e. The summed E-state index contributed by atoms with van der Waals surface area (Å²) in [4.78, 5) is 13.8. The summed E-state index contributed by atoms with van der Waals surface area (Å²) in [6, 6.07) is 39.1. The first-order valence-corrected chi connectivity index (χ1v) is 15.6. The van der Waals surface area contributed by atoms with Crippen LogP contribution < -0.4 is 0 Å². The van der Waals surface area contributed by atoms with E-state index in [0.29, 0.717) is 5.71 Å². The van der Waals surface area contributed by atoms with Crippen LogP contribution >= 0.6 is 0 Å². The molecule has 46 heavy (non-hydrogen) atoms. The zero-order valence-corrected chi connectivity index (χ0v) is 29.3. The van der Waals surface area contributed by atoms with E-state index in [-0.39, 0.29) is 25.5 Å². The molecule has 4 nitrogen and oxygen atoms in total. The molecule has 0 spiro atoms.